The molecule has 0 aromatic carbocycles. The lowest BCUT2D eigenvalue weighted by molar-refractivity contribution is 0.0380. The van der Waals surface area contributed by atoms with Gasteiger partial charge in [0, 0.05) is 7.11 Å². The zero-order valence-corrected chi connectivity index (χ0v) is 10.9. The van der Waals surface area contributed by atoms with Crippen molar-refractivity contribution in [3.63, 3.8) is 0 Å². The van der Waals surface area contributed by atoms with Crippen molar-refractivity contribution in [1.29, 1.82) is 0 Å². The summed E-state index contributed by atoms with van der Waals surface area (Å²) in [5, 5.41) is 17.1. The molecule has 1 N–H and O–H groups in total. The average molecular weight is 257 g/mol. The molecule has 0 saturated carbocycles. The number of hydrogen-bond donors (Lipinski definition) is 1. The van der Waals surface area contributed by atoms with Gasteiger partial charge in [-0.2, -0.15) is 0 Å². The zero-order chi connectivity index (χ0) is 13.5. The number of esters is 1. The van der Waals surface area contributed by atoms with E-state index < -0.39 is 12.1 Å². The highest BCUT2D eigenvalue weighted by Crippen LogP contribution is 2.07. The van der Waals surface area contributed by atoms with E-state index in [1.807, 2.05) is 6.92 Å². The highest BCUT2D eigenvalue weighted by atomic mass is 16.6. The first-order valence-corrected chi connectivity index (χ1v) is 5.84. The fourth-order valence-electron chi connectivity index (χ4n) is 1.34. The first-order valence-electron chi connectivity index (χ1n) is 5.84. The summed E-state index contributed by atoms with van der Waals surface area (Å²) in [5.74, 6) is -0.526. The van der Waals surface area contributed by atoms with Gasteiger partial charge in [0.2, 0.25) is 0 Å². The highest BCUT2D eigenvalue weighted by molar-refractivity contribution is 5.88. The van der Waals surface area contributed by atoms with Crippen molar-refractivity contribution in [2.45, 2.75) is 32.9 Å². The topological polar surface area (TPSA) is 86.5 Å². The van der Waals surface area contributed by atoms with Crippen molar-refractivity contribution in [2.24, 2.45) is 0 Å². The molecule has 0 spiro atoms. The van der Waals surface area contributed by atoms with Crippen LogP contribution in [-0.4, -0.2) is 52.5 Å². The zero-order valence-electron chi connectivity index (χ0n) is 10.9. The molecule has 0 saturated heterocycles. The van der Waals surface area contributed by atoms with E-state index in [1.165, 1.54) is 11.8 Å². The van der Waals surface area contributed by atoms with Gasteiger partial charge < -0.3 is 14.6 Å². The Morgan fingerprint density at radius 3 is 2.83 bits per heavy atom. The Morgan fingerprint density at radius 2 is 2.22 bits per heavy atom. The number of rotatable bonds is 7. The lowest BCUT2D eigenvalue weighted by Gasteiger charge is -2.08. The van der Waals surface area contributed by atoms with Crippen molar-refractivity contribution in [3.05, 3.63) is 11.4 Å². The van der Waals surface area contributed by atoms with E-state index >= 15 is 0 Å². The summed E-state index contributed by atoms with van der Waals surface area (Å²) in [5.41, 5.74) is 0.763. The number of carbonyl (C=O) groups is 1. The van der Waals surface area contributed by atoms with Gasteiger partial charge in [-0.1, -0.05) is 12.1 Å². The molecular weight excluding hydrogens is 238 g/mol. The fourth-order valence-corrected chi connectivity index (χ4v) is 1.34. The Morgan fingerprint density at radius 1 is 1.50 bits per heavy atom. The maximum atomic E-state index is 11.7. The Hall–Kier alpha value is -1.47. The van der Waals surface area contributed by atoms with Crippen molar-refractivity contribution < 1.29 is 19.4 Å². The van der Waals surface area contributed by atoms with E-state index in [0.29, 0.717) is 25.3 Å². The molecule has 0 aliphatic carbocycles. The van der Waals surface area contributed by atoms with Crippen LogP contribution in [-0.2, 0) is 16.0 Å². The summed E-state index contributed by atoms with van der Waals surface area (Å²) in [6, 6.07) is 0. The third kappa shape index (κ3) is 3.78. The maximum absolute atomic E-state index is 11.7. The predicted molar refractivity (Wildman–Crippen MR) is 63.2 cm³/mol. The van der Waals surface area contributed by atoms with Crippen LogP contribution >= 0.6 is 0 Å². The predicted octanol–water partition coefficient (Wildman–Crippen LogP) is 0.161. The molecule has 0 radical (unpaired) electrons. The number of hydrogen-bond acceptors (Lipinski definition) is 6. The van der Waals surface area contributed by atoms with E-state index in [9.17, 15) is 9.90 Å². The van der Waals surface area contributed by atoms with Crippen LogP contribution in [0.3, 0.4) is 0 Å². The van der Waals surface area contributed by atoms with Crippen LogP contribution in [0.2, 0.25) is 0 Å². The number of methoxy groups -OCH3 is 1. The lowest BCUT2D eigenvalue weighted by atomic mass is 10.2. The summed E-state index contributed by atoms with van der Waals surface area (Å²) in [4.78, 5) is 11.7. The molecule has 1 heterocycles. The SMILES string of the molecule is CCC(O)Cn1nnc(C(=O)OCCOC)c1C. The quantitative estimate of drug-likeness (QED) is 0.553. The summed E-state index contributed by atoms with van der Waals surface area (Å²) in [6.07, 6.45) is 0.121. The second kappa shape index (κ2) is 7.07. The Bertz CT molecular complexity index is 392. The molecule has 1 rings (SSSR count). The van der Waals surface area contributed by atoms with Gasteiger partial charge in [0.05, 0.1) is 24.9 Å². The standard InChI is InChI=1S/C11H19N3O4/c1-4-9(15)7-14-8(2)10(12-13-14)11(16)18-6-5-17-3/h9,15H,4-7H2,1-3H3. The summed E-state index contributed by atoms with van der Waals surface area (Å²) in [7, 11) is 1.53. The molecule has 0 aliphatic rings. The third-order valence-corrected chi connectivity index (χ3v) is 2.55. The van der Waals surface area contributed by atoms with E-state index in [2.05, 4.69) is 10.3 Å². The monoisotopic (exact) mass is 257 g/mol. The van der Waals surface area contributed by atoms with Gasteiger partial charge in [0.25, 0.3) is 0 Å². The first-order chi connectivity index (χ1) is 8.60. The minimum atomic E-state index is -0.526. The van der Waals surface area contributed by atoms with Crippen LogP contribution in [0.4, 0.5) is 0 Å². The second-order valence-electron chi connectivity index (χ2n) is 3.90. The Balaban J connectivity index is 2.64. The number of aromatic nitrogens is 3. The van der Waals surface area contributed by atoms with Gasteiger partial charge in [-0.3, -0.25) is 0 Å². The van der Waals surface area contributed by atoms with Gasteiger partial charge in [-0.25, -0.2) is 9.48 Å². The Kier molecular flexibility index (Phi) is 5.73. The van der Waals surface area contributed by atoms with Gasteiger partial charge in [0.15, 0.2) is 5.69 Å². The molecule has 1 aromatic rings. The summed E-state index contributed by atoms with van der Waals surface area (Å²) in [6.45, 7) is 4.43. The molecule has 7 nitrogen and oxygen atoms in total. The van der Waals surface area contributed by atoms with Crippen LogP contribution in [0.25, 0.3) is 0 Å². The van der Waals surface area contributed by atoms with Crippen LogP contribution in [0.5, 0.6) is 0 Å². The van der Waals surface area contributed by atoms with E-state index in [4.69, 9.17) is 9.47 Å². The number of carbonyl (C=O) groups excluding carboxylic acids is 1. The van der Waals surface area contributed by atoms with Crippen molar-refractivity contribution in [1.82, 2.24) is 15.0 Å². The van der Waals surface area contributed by atoms with Gasteiger partial charge >= 0.3 is 5.97 Å². The molecule has 1 aromatic heterocycles. The summed E-state index contributed by atoms with van der Waals surface area (Å²) < 4.78 is 11.2. The number of ether oxygens (including phenoxy) is 2. The normalized spacial score (nSPS) is 12.4. The first kappa shape index (κ1) is 14.6. The Labute approximate surface area is 106 Å². The lowest BCUT2D eigenvalue weighted by Crippen LogP contribution is -2.17. The molecule has 0 aliphatic heterocycles. The number of aliphatic hydroxyl groups excluding tert-OH is 1. The fraction of sp³-hybridized carbons (Fsp3) is 0.727. The smallest absolute Gasteiger partial charge is 0.360 e. The van der Waals surface area contributed by atoms with Crippen LogP contribution in [0, 0.1) is 6.92 Å². The van der Waals surface area contributed by atoms with Crippen LogP contribution in [0.1, 0.15) is 29.5 Å². The third-order valence-electron chi connectivity index (χ3n) is 2.55. The largest absolute Gasteiger partial charge is 0.458 e. The molecule has 7 heteroatoms. The minimum absolute atomic E-state index is 0.175. The molecule has 18 heavy (non-hydrogen) atoms. The molecule has 0 bridgehead atoms. The van der Waals surface area contributed by atoms with Crippen molar-refractivity contribution >= 4 is 5.97 Å². The molecule has 1 atom stereocenters. The van der Waals surface area contributed by atoms with Gasteiger partial charge in [-0.15, -0.1) is 5.10 Å². The van der Waals surface area contributed by atoms with E-state index in [1.54, 1.807) is 6.92 Å². The van der Waals surface area contributed by atoms with Crippen molar-refractivity contribution in [2.75, 3.05) is 20.3 Å². The van der Waals surface area contributed by atoms with Crippen LogP contribution in [0.15, 0.2) is 0 Å². The van der Waals surface area contributed by atoms with Crippen molar-refractivity contribution in [3.8, 4) is 0 Å². The molecule has 0 amide bonds. The highest BCUT2D eigenvalue weighted by Gasteiger charge is 2.18. The van der Waals surface area contributed by atoms with Gasteiger partial charge in [-0.05, 0) is 13.3 Å². The van der Waals surface area contributed by atoms with Crippen LogP contribution < -0.4 is 0 Å². The average Bonchev–Trinajstić information content (AvgIpc) is 2.71. The second-order valence-corrected chi connectivity index (χ2v) is 3.90. The molecular formula is C11H19N3O4. The maximum Gasteiger partial charge on any atom is 0.360 e. The van der Waals surface area contributed by atoms with E-state index in [0.717, 1.165) is 0 Å². The van der Waals surface area contributed by atoms with E-state index in [-0.39, 0.29) is 12.3 Å². The summed E-state index contributed by atoms with van der Waals surface area (Å²) >= 11 is 0. The minimum Gasteiger partial charge on any atom is -0.458 e. The number of nitrogens with zero attached hydrogens (tertiary/aromatic N) is 3. The number of aliphatic hydroxyl groups is 1. The van der Waals surface area contributed by atoms with Gasteiger partial charge in [0.1, 0.15) is 6.61 Å². The molecule has 102 valence electrons. The molecule has 0 fully saturated rings. The molecule has 1 unspecified atom stereocenters.